The highest BCUT2D eigenvalue weighted by molar-refractivity contribution is 7.99. The molecule has 5 rings (SSSR count). The molecule has 0 fully saturated rings. The van der Waals surface area contributed by atoms with Crippen molar-refractivity contribution >= 4 is 46.0 Å². The Labute approximate surface area is 197 Å². The Morgan fingerprint density at radius 2 is 1.69 bits per heavy atom. The molecule has 5 aromatic rings. The first kappa shape index (κ1) is 22.3. The van der Waals surface area contributed by atoms with E-state index >= 15 is 0 Å². The van der Waals surface area contributed by atoms with E-state index in [1.165, 1.54) is 27.4 Å². The molecule has 0 unspecified atom stereocenters. The molecule has 0 bridgehead atoms. The van der Waals surface area contributed by atoms with Crippen molar-refractivity contribution < 1.29 is 0 Å². The van der Waals surface area contributed by atoms with E-state index in [0.717, 1.165) is 36.2 Å². The van der Waals surface area contributed by atoms with Gasteiger partial charge < -0.3 is 9.88 Å². The largest absolute Gasteiger partial charge is 0.341 e. The first-order valence-corrected chi connectivity index (χ1v) is 11.5. The Balaban J connectivity index is 0.00000245. The molecule has 0 saturated heterocycles. The predicted octanol–water partition coefficient (Wildman–Crippen LogP) is 5.09. The lowest BCUT2D eigenvalue weighted by atomic mass is 10.1. The van der Waals surface area contributed by atoms with Gasteiger partial charge in [-0.2, -0.15) is 4.68 Å². The minimum atomic E-state index is 0. The number of halogens is 1. The number of hydrogen-bond acceptors (Lipinski definition) is 5. The van der Waals surface area contributed by atoms with Gasteiger partial charge in [0.15, 0.2) is 0 Å². The standard InChI is InChI=1S/C24H24N6S.ClH/c1-2-29-22-11-7-6-10-20(22)21-16-18(12-13-23(21)29)17-25-14-15-31-24-26-27-28-30(24)19-8-4-3-5-9-19;/h3-13,16,25H,2,14-15,17H2,1H3;1H. The molecule has 2 heterocycles. The van der Waals surface area contributed by atoms with Gasteiger partial charge in [-0.15, -0.1) is 17.5 Å². The first-order valence-electron chi connectivity index (χ1n) is 10.5. The summed E-state index contributed by atoms with van der Waals surface area (Å²) in [6.45, 7) is 4.89. The van der Waals surface area contributed by atoms with Crippen LogP contribution in [0.2, 0.25) is 0 Å². The molecular weight excluding hydrogens is 440 g/mol. The van der Waals surface area contributed by atoms with Crippen molar-refractivity contribution in [2.24, 2.45) is 0 Å². The van der Waals surface area contributed by atoms with Crippen molar-refractivity contribution in [3.63, 3.8) is 0 Å². The summed E-state index contributed by atoms with van der Waals surface area (Å²) >= 11 is 1.66. The summed E-state index contributed by atoms with van der Waals surface area (Å²) in [6, 6.07) is 25.4. The maximum Gasteiger partial charge on any atom is 0.214 e. The zero-order valence-corrected chi connectivity index (χ0v) is 19.4. The van der Waals surface area contributed by atoms with Crippen LogP contribution in [0.25, 0.3) is 27.5 Å². The number of nitrogens with zero attached hydrogens (tertiary/aromatic N) is 5. The summed E-state index contributed by atoms with van der Waals surface area (Å²) in [6.07, 6.45) is 0. The number of benzene rings is 3. The molecule has 164 valence electrons. The lowest BCUT2D eigenvalue weighted by Crippen LogP contribution is -2.16. The minimum Gasteiger partial charge on any atom is -0.341 e. The molecule has 2 aromatic heterocycles. The van der Waals surface area contributed by atoms with Crippen LogP contribution in [0.3, 0.4) is 0 Å². The van der Waals surface area contributed by atoms with E-state index < -0.39 is 0 Å². The quantitative estimate of drug-likeness (QED) is 0.256. The third-order valence-electron chi connectivity index (χ3n) is 5.43. The number of hydrogen-bond donors (Lipinski definition) is 1. The second-order valence-corrected chi connectivity index (χ2v) is 8.41. The molecule has 1 N–H and O–H groups in total. The van der Waals surface area contributed by atoms with Crippen LogP contribution in [0, 0.1) is 0 Å². The highest BCUT2D eigenvalue weighted by Gasteiger charge is 2.10. The van der Waals surface area contributed by atoms with E-state index in [9.17, 15) is 0 Å². The van der Waals surface area contributed by atoms with E-state index in [2.05, 4.69) is 74.8 Å². The monoisotopic (exact) mass is 464 g/mol. The molecule has 32 heavy (non-hydrogen) atoms. The molecule has 0 aliphatic heterocycles. The molecule has 8 heteroatoms. The van der Waals surface area contributed by atoms with Gasteiger partial charge in [-0.3, -0.25) is 0 Å². The Hall–Kier alpha value is -2.87. The Morgan fingerprint density at radius 1 is 0.906 bits per heavy atom. The van der Waals surface area contributed by atoms with Crippen molar-refractivity contribution in [3.8, 4) is 5.69 Å². The van der Waals surface area contributed by atoms with Crippen LogP contribution in [-0.2, 0) is 13.1 Å². The lowest BCUT2D eigenvalue weighted by Gasteiger charge is -2.07. The maximum absolute atomic E-state index is 4.16. The molecule has 0 spiro atoms. The highest BCUT2D eigenvalue weighted by Crippen LogP contribution is 2.29. The topological polar surface area (TPSA) is 60.6 Å². The number of nitrogens with one attached hydrogen (secondary N) is 1. The summed E-state index contributed by atoms with van der Waals surface area (Å²) < 4.78 is 4.16. The van der Waals surface area contributed by atoms with Crippen LogP contribution in [0.1, 0.15) is 12.5 Å². The average molecular weight is 465 g/mol. The van der Waals surface area contributed by atoms with Gasteiger partial charge >= 0.3 is 0 Å². The smallest absolute Gasteiger partial charge is 0.214 e. The summed E-state index contributed by atoms with van der Waals surface area (Å²) in [4.78, 5) is 0. The van der Waals surface area contributed by atoms with Crippen LogP contribution in [0.5, 0.6) is 0 Å². The number of aromatic nitrogens is 5. The summed E-state index contributed by atoms with van der Waals surface area (Å²) in [5.74, 6) is 0.893. The Bertz CT molecular complexity index is 1310. The van der Waals surface area contributed by atoms with E-state index in [-0.39, 0.29) is 12.4 Å². The summed E-state index contributed by atoms with van der Waals surface area (Å²) in [5, 5.41) is 19.1. The van der Waals surface area contributed by atoms with Gasteiger partial charge in [0.25, 0.3) is 0 Å². The molecule has 6 nitrogen and oxygen atoms in total. The highest BCUT2D eigenvalue weighted by atomic mass is 35.5. The fourth-order valence-electron chi connectivity index (χ4n) is 4.00. The third-order valence-corrected chi connectivity index (χ3v) is 6.35. The molecule has 0 amide bonds. The van der Waals surface area contributed by atoms with Gasteiger partial charge in [-0.1, -0.05) is 54.2 Å². The van der Waals surface area contributed by atoms with Crippen LogP contribution >= 0.6 is 24.2 Å². The van der Waals surface area contributed by atoms with Gasteiger partial charge in [-0.05, 0) is 53.2 Å². The molecule has 0 aliphatic rings. The number of tetrazole rings is 1. The molecule has 0 saturated carbocycles. The number of para-hydroxylation sites is 2. The first-order chi connectivity index (χ1) is 15.3. The van der Waals surface area contributed by atoms with Gasteiger partial charge in [0.1, 0.15) is 0 Å². The normalized spacial score (nSPS) is 11.2. The number of thioether (sulfide) groups is 1. The van der Waals surface area contributed by atoms with Crippen molar-refractivity contribution in [2.45, 2.75) is 25.2 Å². The molecule has 0 atom stereocenters. The number of rotatable bonds is 8. The van der Waals surface area contributed by atoms with Crippen molar-refractivity contribution in [1.29, 1.82) is 0 Å². The maximum atomic E-state index is 4.16. The van der Waals surface area contributed by atoms with E-state index in [0.29, 0.717) is 0 Å². The van der Waals surface area contributed by atoms with Gasteiger partial charge in [0.05, 0.1) is 5.69 Å². The molecule has 0 aliphatic carbocycles. The SMILES string of the molecule is CCn1c2ccccc2c2cc(CNCCSc3nnnn3-c3ccccc3)ccc21.Cl. The second-order valence-electron chi connectivity index (χ2n) is 7.35. The van der Waals surface area contributed by atoms with Crippen molar-refractivity contribution in [1.82, 2.24) is 30.1 Å². The predicted molar refractivity (Wildman–Crippen MR) is 134 cm³/mol. The van der Waals surface area contributed by atoms with E-state index in [1.807, 2.05) is 30.3 Å². The van der Waals surface area contributed by atoms with E-state index in [1.54, 1.807) is 16.4 Å². The van der Waals surface area contributed by atoms with Gasteiger partial charge in [0, 0.05) is 47.2 Å². The summed E-state index contributed by atoms with van der Waals surface area (Å²) in [7, 11) is 0. The minimum absolute atomic E-state index is 0. The number of fused-ring (bicyclic) bond motifs is 3. The van der Waals surface area contributed by atoms with Crippen LogP contribution in [0.15, 0.2) is 78.0 Å². The average Bonchev–Trinajstić information content (AvgIpc) is 3.41. The second kappa shape index (κ2) is 10.2. The van der Waals surface area contributed by atoms with Gasteiger partial charge in [-0.25, -0.2) is 0 Å². The van der Waals surface area contributed by atoms with Crippen LogP contribution < -0.4 is 5.32 Å². The van der Waals surface area contributed by atoms with Crippen LogP contribution in [0.4, 0.5) is 0 Å². The fourth-order valence-corrected chi connectivity index (χ4v) is 4.79. The fraction of sp³-hybridized carbons (Fsp3) is 0.208. The summed E-state index contributed by atoms with van der Waals surface area (Å²) in [5.41, 5.74) is 4.88. The molecule has 0 radical (unpaired) electrons. The Morgan fingerprint density at radius 3 is 2.53 bits per heavy atom. The van der Waals surface area contributed by atoms with E-state index in [4.69, 9.17) is 0 Å². The molecular formula is C24H25ClN6S. The molecule has 3 aromatic carbocycles. The van der Waals surface area contributed by atoms with Crippen LogP contribution in [-0.4, -0.2) is 37.1 Å². The zero-order chi connectivity index (χ0) is 21.0. The van der Waals surface area contributed by atoms with Crippen molar-refractivity contribution in [2.75, 3.05) is 12.3 Å². The lowest BCUT2D eigenvalue weighted by molar-refractivity contribution is 0.728. The number of aryl methyl sites for hydroxylation is 1. The van der Waals surface area contributed by atoms with Crippen molar-refractivity contribution in [3.05, 3.63) is 78.4 Å². The zero-order valence-electron chi connectivity index (χ0n) is 17.8. The third kappa shape index (κ3) is 4.37. The van der Waals surface area contributed by atoms with Gasteiger partial charge in [0.2, 0.25) is 5.16 Å². The Kier molecular flexibility index (Phi) is 7.09.